The molecule has 0 atom stereocenters. The van der Waals surface area contributed by atoms with Gasteiger partial charge in [0.25, 0.3) is 0 Å². The Hall–Kier alpha value is -1.48. The second kappa shape index (κ2) is 5.72. The van der Waals surface area contributed by atoms with Crippen molar-refractivity contribution in [2.75, 3.05) is 7.11 Å². The molecule has 3 heteroatoms. The number of benzene rings is 1. The number of hydrogen-bond acceptors (Lipinski definition) is 3. The van der Waals surface area contributed by atoms with E-state index in [2.05, 4.69) is 46.8 Å². The van der Waals surface area contributed by atoms with E-state index < -0.39 is 0 Å². The van der Waals surface area contributed by atoms with Crippen LogP contribution in [0, 0.1) is 5.92 Å². The predicted octanol–water partition coefficient (Wildman–Crippen LogP) is 4.40. The van der Waals surface area contributed by atoms with E-state index in [-0.39, 0.29) is 5.41 Å². The highest BCUT2D eigenvalue weighted by molar-refractivity contribution is 5.87. The van der Waals surface area contributed by atoms with Crippen LogP contribution in [0.1, 0.15) is 51.5 Å². The highest BCUT2D eigenvalue weighted by atomic mass is 16.5. The molecule has 1 heterocycles. The molecule has 1 aromatic heterocycles. The van der Waals surface area contributed by atoms with Gasteiger partial charge in [0.2, 0.25) is 0 Å². The molecule has 0 unspecified atom stereocenters. The maximum Gasteiger partial charge on any atom is 0.138 e. The first-order chi connectivity index (χ1) is 9.77. The molecule has 0 fully saturated rings. The minimum absolute atomic E-state index is 0.00832. The quantitative estimate of drug-likeness (QED) is 0.907. The third-order valence-corrected chi connectivity index (χ3v) is 3.79. The molecule has 0 saturated carbocycles. The summed E-state index contributed by atoms with van der Waals surface area (Å²) in [6.45, 7) is 11.4. The number of hydrogen-bond donors (Lipinski definition) is 1. The molecule has 2 rings (SSSR count). The van der Waals surface area contributed by atoms with Crippen LogP contribution in [0.2, 0.25) is 0 Å². The summed E-state index contributed by atoms with van der Waals surface area (Å²) < 4.78 is 11.6. The zero-order valence-electron chi connectivity index (χ0n) is 14.0. The third kappa shape index (κ3) is 3.08. The fraction of sp³-hybridized carbons (Fsp3) is 0.556. The van der Waals surface area contributed by atoms with Crippen LogP contribution in [-0.4, -0.2) is 7.11 Å². The summed E-state index contributed by atoms with van der Waals surface area (Å²) in [5.41, 5.74) is 9.24. The van der Waals surface area contributed by atoms with E-state index in [1.807, 2.05) is 0 Å². The van der Waals surface area contributed by atoms with Crippen molar-refractivity contribution in [3.05, 3.63) is 29.0 Å². The molecule has 0 aliphatic heterocycles. The van der Waals surface area contributed by atoms with Crippen LogP contribution in [0.4, 0.5) is 0 Å². The van der Waals surface area contributed by atoms with Crippen LogP contribution in [0.5, 0.6) is 5.75 Å². The maximum atomic E-state index is 6.13. The second-order valence-corrected chi connectivity index (χ2v) is 7.11. The highest BCUT2D eigenvalue weighted by Crippen LogP contribution is 2.38. The average Bonchev–Trinajstić information content (AvgIpc) is 2.73. The van der Waals surface area contributed by atoms with Crippen molar-refractivity contribution in [2.45, 2.75) is 53.0 Å². The van der Waals surface area contributed by atoms with Crippen LogP contribution in [0.25, 0.3) is 11.0 Å². The lowest BCUT2D eigenvalue weighted by Gasteiger charge is -2.20. The molecule has 0 aliphatic carbocycles. The molecule has 0 saturated heterocycles. The predicted molar refractivity (Wildman–Crippen MR) is 87.9 cm³/mol. The number of rotatable bonds is 4. The summed E-state index contributed by atoms with van der Waals surface area (Å²) in [6, 6.07) is 4.15. The first-order valence-corrected chi connectivity index (χ1v) is 7.60. The van der Waals surface area contributed by atoms with Gasteiger partial charge in [-0.2, -0.15) is 0 Å². The lowest BCUT2D eigenvalue weighted by Crippen LogP contribution is -2.11. The summed E-state index contributed by atoms with van der Waals surface area (Å²) >= 11 is 0. The Morgan fingerprint density at radius 2 is 1.90 bits per heavy atom. The first-order valence-electron chi connectivity index (χ1n) is 7.60. The van der Waals surface area contributed by atoms with Crippen molar-refractivity contribution >= 4 is 11.0 Å². The zero-order chi connectivity index (χ0) is 15.8. The molecule has 0 spiro atoms. The Labute approximate surface area is 127 Å². The maximum absolute atomic E-state index is 6.13. The van der Waals surface area contributed by atoms with E-state index in [1.54, 1.807) is 7.11 Å². The molecular formula is C18H27NO2. The smallest absolute Gasteiger partial charge is 0.138 e. The molecule has 2 aromatic rings. The van der Waals surface area contributed by atoms with Crippen LogP contribution in [0.15, 0.2) is 16.5 Å². The van der Waals surface area contributed by atoms with Gasteiger partial charge < -0.3 is 14.9 Å². The van der Waals surface area contributed by atoms with E-state index in [1.165, 1.54) is 11.1 Å². The summed E-state index contributed by atoms with van der Waals surface area (Å²) in [7, 11) is 1.71. The lowest BCUT2D eigenvalue weighted by atomic mass is 9.85. The second-order valence-electron chi connectivity index (χ2n) is 7.11. The number of ether oxygens (including phenoxy) is 1. The van der Waals surface area contributed by atoms with Crippen molar-refractivity contribution in [2.24, 2.45) is 11.7 Å². The van der Waals surface area contributed by atoms with Crippen LogP contribution in [0.3, 0.4) is 0 Å². The average molecular weight is 289 g/mol. The van der Waals surface area contributed by atoms with E-state index in [4.69, 9.17) is 14.9 Å². The van der Waals surface area contributed by atoms with Crippen LogP contribution in [-0.2, 0) is 18.4 Å². The molecule has 0 radical (unpaired) electrons. The third-order valence-electron chi connectivity index (χ3n) is 3.79. The summed E-state index contributed by atoms with van der Waals surface area (Å²) in [5.74, 6) is 2.33. The molecule has 21 heavy (non-hydrogen) atoms. The Morgan fingerprint density at radius 1 is 1.24 bits per heavy atom. The summed E-state index contributed by atoms with van der Waals surface area (Å²) in [4.78, 5) is 0. The largest absolute Gasteiger partial charge is 0.497 e. The Balaban J connectivity index is 2.79. The van der Waals surface area contributed by atoms with Gasteiger partial charge in [-0.25, -0.2) is 0 Å². The van der Waals surface area contributed by atoms with Crippen molar-refractivity contribution in [1.82, 2.24) is 0 Å². The normalized spacial score (nSPS) is 12.4. The number of furan rings is 1. The molecule has 0 amide bonds. The minimum atomic E-state index is -0.00832. The van der Waals surface area contributed by atoms with Gasteiger partial charge in [0.15, 0.2) is 0 Å². The molecule has 2 N–H and O–H groups in total. The number of fused-ring (bicyclic) bond motifs is 1. The van der Waals surface area contributed by atoms with Crippen molar-refractivity contribution in [3.8, 4) is 5.75 Å². The molecule has 3 nitrogen and oxygen atoms in total. The minimum Gasteiger partial charge on any atom is -0.497 e. The zero-order valence-corrected chi connectivity index (χ0v) is 14.0. The lowest BCUT2D eigenvalue weighted by molar-refractivity contribution is 0.413. The highest BCUT2D eigenvalue weighted by Gasteiger charge is 2.24. The number of nitrogens with two attached hydrogens (primary N) is 1. The van der Waals surface area contributed by atoms with E-state index in [0.29, 0.717) is 12.5 Å². The van der Waals surface area contributed by atoms with Gasteiger partial charge in [-0.15, -0.1) is 0 Å². The Morgan fingerprint density at radius 3 is 2.38 bits per heavy atom. The van der Waals surface area contributed by atoms with Gasteiger partial charge in [0.1, 0.15) is 17.1 Å². The van der Waals surface area contributed by atoms with Gasteiger partial charge >= 0.3 is 0 Å². The fourth-order valence-electron chi connectivity index (χ4n) is 2.74. The van der Waals surface area contributed by atoms with Crippen molar-refractivity contribution in [3.63, 3.8) is 0 Å². The topological polar surface area (TPSA) is 48.4 Å². The van der Waals surface area contributed by atoms with Gasteiger partial charge in [-0.3, -0.25) is 0 Å². The summed E-state index contributed by atoms with van der Waals surface area (Å²) in [6.07, 6.45) is 0.969. The van der Waals surface area contributed by atoms with Gasteiger partial charge in [-0.1, -0.05) is 34.6 Å². The van der Waals surface area contributed by atoms with E-state index >= 15 is 0 Å². The first kappa shape index (κ1) is 15.9. The Kier molecular flexibility index (Phi) is 4.33. The molecule has 0 aliphatic rings. The molecule has 1 aromatic carbocycles. The van der Waals surface area contributed by atoms with Crippen molar-refractivity contribution < 1.29 is 9.15 Å². The van der Waals surface area contributed by atoms with E-state index in [0.717, 1.165) is 28.9 Å². The SMILES string of the molecule is COc1cc(C(C)(C)C)c2oc(CN)c(CC(C)C)c2c1. The summed E-state index contributed by atoms with van der Waals surface area (Å²) in [5, 5.41) is 1.15. The Bertz CT molecular complexity index is 633. The monoisotopic (exact) mass is 289 g/mol. The molecular weight excluding hydrogens is 262 g/mol. The van der Waals surface area contributed by atoms with Gasteiger partial charge in [0, 0.05) is 16.5 Å². The standard InChI is InChI=1S/C18H27NO2/c1-11(2)7-13-14-8-12(20-6)9-15(18(3,4)5)17(14)21-16(13)10-19/h8-9,11H,7,10,19H2,1-6H3. The van der Waals surface area contributed by atoms with Gasteiger partial charge in [-0.05, 0) is 29.9 Å². The fourth-order valence-corrected chi connectivity index (χ4v) is 2.74. The van der Waals surface area contributed by atoms with Crippen molar-refractivity contribution in [1.29, 1.82) is 0 Å². The number of methoxy groups -OCH3 is 1. The van der Waals surface area contributed by atoms with Crippen LogP contribution >= 0.6 is 0 Å². The van der Waals surface area contributed by atoms with Crippen LogP contribution < -0.4 is 10.5 Å². The molecule has 0 bridgehead atoms. The van der Waals surface area contributed by atoms with Gasteiger partial charge in [0.05, 0.1) is 13.7 Å². The molecule has 116 valence electrons. The van der Waals surface area contributed by atoms with E-state index in [9.17, 15) is 0 Å².